The van der Waals surface area contributed by atoms with Gasteiger partial charge >= 0.3 is 12.3 Å². The Labute approximate surface area is 247 Å². The molecule has 1 saturated heterocycles. The number of nitrogens with zero attached hydrogens (tertiary/aromatic N) is 5. The largest absolute Gasteiger partial charge is 0.491 e. The Hall–Kier alpha value is -3.97. The summed E-state index contributed by atoms with van der Waals surface area (Å²) >= 11 is 0. The molecule has 3 aromatic heterocycles. The highest BCUT2D eigenvalue weighted by molar-refractivity contribution is 5.85. The molecule has 0 bridgehead atoms. The predicted octanol–water partition coefficient (Wildman–Crippen LogP) is 5.48. The molecule has 1 fully saturated rings. The third-order valence-electron chi connectivity index (χ3n) is 7.20. The van der Waals surface area contributed by atoms with Gasteiger partial charge in [0.2, 0.25) is 0 Å². The fraction of sp³-hybridized carbons (Fsp3) is 0.467. The number of aryl methyl sites for hydroxylation is 1. The Morgan fingerprint density at radius 1 is 1.09 bits per heavy atom. The van der Waals surface area contributed by atoms with Gasteiger partial charge in [0.1, 0.15) is 29.7 Å². The number of aromatic nitrogens is 4. The standard InChI is InChI=1S/C30H35F3N6O4/c1-18-23(42-15-14-41-5)10-7-19-6-9-22(35-25(18)19)27-37-36-24-11-8-20(16-39(24)27)26(30(31,32)33)38-13-12-21(17-38)34-28(40)43-29(2,3)4/h6-11,16,21,26H,12-15,17H2,1-5H3,(H,34,40)/t21-,26+/m0/s1. The van der Waals surface area contributed by atoms with E-state index in [1.165, 1.54) is 27.6 Å². The summed E-state index contributed by atoms with van der Waals surface area (Å²) in [5.74, 6) is 0.983. The van der Waals surface area contributed by atoms with E-state index in [2.05, 4.69) is 15.5 Å². The molecule has 2 atom stereocenters. The first kappa shape index (κ1) is 30.5. The predicted molar refractivity (Wildman–Crippen MR) is 154 cm³/mol. The molecule has 4 heterocycles. The number of pyridine rings is 2. The molecule has 10 nitrogen and oxygen atoms in total. The van der Waals surface area contributed by atoms with Crippen LogP contribution in [0.3, 0.4) is 0 Å². The van der Waals surface area contributed by atoms with Gasteiger partial charge in [-0.3, -0.25) is 9.30 Å². The van der Waals surface area contributed by atoms with Crippen LogP contribution < -0.4 is 10.1 Å². The van der Waals surface area contributed by atoms with Crippen LogP contribution in [0.4, 0.5) is 18.0 Å². The average Bonchev–Trinajstić information content (AvgIpc) is 3.55. The average molecular weight is 601 g/mol. The van der Waals surface area contributed by atoms with Gasteiger partial charge in [0, 0.05) is 43.4 Å². The highest BCUT2D eigenvalue weighted by atomic mass is 19.4. The van der Waals surface area contributed by atoms with Crippen LogP contribution in [-0.4, -0.2) is 81.8 Å². The molecule has 0 saturated carbocycles. The molecule has 5 rings (SSSR count). The van der Waals surface area contributed by atoms with Gasteiger partial charge in [-0.1, -0.05) is 12.1 Å². The topological polar surface area (TPSA) is 103 Å². The summed E-state index contributed by atoms with van der Waals surface area (Å²) in [5, 5.41) is 12.0. The van der Waals surface area contributed by atoms with E-state index in [1.54, 1.807) is 33.9 Å². The number of alkyl carbamates (subject to hydrolysis) is 1. The Bertz CT molecular complexity index is 1620. The van der Waals surface area contributed by atoms with E-state index in [9.17, 15) is 18.0 Å². The van der Waals surface area contributed by atoms with Crippen LogP contribution in [0.1, 0.15) is 44.4 Å². The number of fused-ring (bicyclic) bond motifs is 2. The van der Waals surface area contributed by atoms with Crippen LogP contribution in [0.15, 0.2) is 42.6 Å². The molecule has 1 N–H and O–H groups in total. The third kappa shape index (κ3) is 6.83. The van der Waals surface area contributed by atoms with Gasteiger partial charge in [-0.2, -0.15) is 13.2 Å². The molecular weight excluding hydrogens is 565 g/mol. The summed E-state index contributed by atoms with van der Waals surface area (Å²) in [6.07, 6.45) is -3.44. The molecule has 4 aromatic rings. The first-order chi connectivity index (χ1) is 20.3. The number of alkyl halides is 3. The van der Waals surface area contributed by atoms with Gasteiger partial charge < -0.3 is 19.5 Å². The van der Waals surface area contributed by atoms with Crippen LogP contribution >= 0.6 is 0 Å². The maximum absolute atomic E-state index is 14.6. The SMILES string of the molecule is COCCOc1ccc2ccc(-c3nnc4ccc([C@@H](N5CC[C@H](NC(=O)OC(C)(C)C)C5)C(F)(F)F)cn34)nc2c1C. The number of likely N-dealkylation sites (tertiary alicyclic amines) is 1. The van der Waals surface area contributed by atoms with Crippen LogP contribution in [0.5, 0.6) is 5.75 Å². The number of ether oxygens (including phenoxy) is 3. The molecule has 230 valence electrons. The number of rotatable bonds is 8. The lowest BCUT2D eigenvalue weighted by Crippen LogP contribution is -2.42. The van der Waals surface area contributed by atoms with E-state index < -0.39 is 30.0 Å². The normalized spacial score (nSPS) is 17.0. The quantitative estimate of drug-likeness (QED) is 0.265. The molecule has 0 aliphatic carbocycles. The second-order valence-corrected chi connectivity index (χ2v) is 11.6. The van der Waals surface area contributed by atoms with Crippen molar-refractivity contribution < 1.29 is 32.2 Å². The number of amides is 1. The van der Waals surface area contributed by atoms with Crippen LogP contribution in [-0.2, 0) is 9.47 Å². The molecule has 13 heteroatoms. The Morgan fingerprint density at radius 2 is 1.86 bits per heavy atom. The Balaban J connectivity index is 1.44. The van der Waals surface area contributed by atoms with Crippen molar-refractivity contribution in [2.24, 2.45) is 0 Å². The number of nitrogens with one attached hydrogen (secondary N) is 1. The van der Waals surface area contributed by atoms with Crippen LogP contribution in [0.25, 0.3) is 28.1 Å². The van der Waals surface area contributed by atoms with Gasteiger partial charge in [-0.25, -0.2) is 9.78 Å². The fourth-order valence-electron chi connectivity index (χ4n) is 5.29. The molecule has 1 amide bonds. The number of benzene rings is 1. The lowest BCUT2D eigenvalue weighted by atomic mass is 10.1. The summed E-state index contributed by atoms with van der Waals surface area (Å²) in [4.78, 5) is 18.3. The number of carbonyl (C=O) groups is 1. The minimum absolute atomic E-state index is 0.0246. The van der Waals surface area contributed by atoms with Crippen molar-refractivity contribution in [2.75, 3.05) is 33.4 Å². The van der Waals surface area contributed by atoms with Crippen molar-refractivity contribution in [1.29, 1.82) is 0 Å². The molecule has 1 aromatic carbocycles. The van der Waals surface area contributed by atoms with Crippen molar-refractivity contribution in [3.05, 3.63) is 53.7 Å². The number of carbonyl (C=O) groups excluding carboxylic acids is 1. The van der Waals surface area contributed by atoms with Crippen molar-refractivity contribution in [1.82, 2.24) is 29.8 Å². The second-order valence-electron chi connectivity index (χ2n) is 11.6. The highest BCUT2D eigenvalue weighted by Gasteiger charge is 2.47. The van der Waals surface area contributed by atoms with Crippen molar-refractivity contribution >= 4 is 22.6 Å². The van der Waals surface area contributed by atoms with Crippen molar-refractivity contribution in [3.63, 3.8) is 0 Å². The van der Waals surface area contributed by atoms with Crippen molar-refractivity contribution in [2.45, 2.75) is 58.0 Å². The maximum atomic E-state index is 14.6. The lowest BCUT2D eigenvalue weighted by molar-refractivity contribution is -0.184. The minimum atomic E-state index is -4.57. The minimum Gasteiger partial charge on any atom is -0.491 e. The maximum Gasteiger partial charge on any atom is 0.408 e. The number of hydrogen-bond donors (Lipinski definition) is 1. The summed E-state index contributed by atoms with van der Waals surface area (Å²) in [6.45, 7) is 8.09. The van der Waals surface area contributed by atoms with Gasteiger partial charge in [-0.15, -0.1) is 10.2 Å². The Kier molecular flexibility index (Phi) is 8.48. The van der Waals surface area contributed by atoms with E-state index >= 15 is 0 Å². The molecule has 0 spiro atoms. The number of halogens is 3. The van der Waals surface area contributed by atoms with Gasteiger partial charge in [0.15, 0.2) is 11.5 Å². The summed E-state index contributed by atoms with van der Waals surface area (Å²) in [6, 6.07) is 8.00. The molecule has 43 heavy (non-hydrogen) atoms. The van der Waals surface area contributed by atoms with E-state index in [4.69, 9.17) is 19.2 Å². The zero-order chi connectivity index (χ0) is 30.9. The number of hydrogen-bond acceptors (Lipinski definition) is 8. The lowest BCUT2D eigenvalue weighted by Gasteiger charge is -2.30. The van der Waals surface area contributed by atoms with E-state index in [0.29, 0.717) is 48.1 Å². The fourth-order valence-corrected chi connectivity index (χ4v) is 5.29. The second kappa shape index (κ2) is 12.0. The summed E-state index contributed by atoms with van der Waals surface area (Å²) in [7, 11) is 1.60. The van der Waals surface area contributed by atoms with Crippen molar-refractivity contribution in [3.8, 4) is 17.3 Å². The molecular formula is C30H35F3N6O4. The van der Waals surface area contributed by atoms with Gasteiger partial charge in [0.25, 0.3) is 0 Å². The zero-order valence-electron chi connectivity index (χ0n) is 24.7. The summed E-state index contributed by atoms with van der Waals surface area (Å²) in [5.41, 5.74) is 1.69. The molecule has 0 unspecified atom stereocenters. The first-order valence-corrected chi connectivity index (χ1v) is 14.0. The highest BCUT2D eigenvalue weighted by Crippen LogP contribution is 2.40. The first-order valence-electron chi connectivity index (χ1n) is 14.0. The summed E-state index contributed by atoms with van der Waals surface area (Å²) < 4.78 is 61.4. The number of methoxy groups -OCH3 is 1. The molecule has 1 aliphatic rings. The third-order valence-corrected chi connectivity index (χ3v) is 7.20. The van der Waals surface area contributed by atoms with E-state index in [-0.39, 0.29) is 18.7 Å². The molecule has 0 radical (unpaired) electrons. The monoisotopic (exact) mass is 600 g/mol. The van der Waals surface area contributed by atoms with Crippen LogP contribution in [0.2, 0.25) is 0 Å². The molecule has 1 aliphatic heterocycles. The van der Waals surface area contributed by atoms with Gasteiger partial charge in [-0.05, 0) is 63.9 Å². The zero-order valence-corrected chi connectivity index (χ0v) is 24.7. The van der Waals surface area contributed by atoms with E-state index in [0.717, 1.165) is 10.9 Å². The van der Waals surface area contributed by atoms with E-state index in [1.807, 2.05) is 25.1 Å². The Morgan fingerprint density at radius 3 is 2.58 bits per heavy atom. The van der Waals surface area contributed by atoms with Gasteiger partial charge in [0.05, 0.1) is 12.1 Å². The van der Waals surface area contributed by atoms with Crippen LogP contribution in [0, 0.1) is 6.92 Å². The smallest absolute Gasteiger partial charge is 0.408 e.